The van der Waals surface area contributed by atoms with Crippen LogP contribution in [0.25, 0.3) is 0 Å². The van der Waals surface area contributed by atoms with Gasteiger partial charge in [-0.3, -0.25) is 4.72 Å². The lowest BCUT2D eigenvalue weighted by molar-refractivity contribution is 0.975. The number of hydrogen-bond donors (Lipinski definition) is 1. The summed E-state index contributed by atoms with van der Waals surface area (Å²) in [6.45, 7) is 4.89. The van der Waals surface area contributed by atoms with E-state index in [9.17, 15) is 0 Å². The maximum Gasteiger partial charge on any atom is 0.0313 e. The molecule has 0 radical (unpaired) electrons. The molecule has 0 saturated carbocycles. The van der Waals surface area contributed by atoms with Gasteiger partial charge in [-0.1, -0.05) is 62.4 Å². The zero-order valence-corrected chi connectivity index (χ0v) is 11.2. The third-order valence-corrected chi connectivity index (χ3v) is 2.85. The molecule has 2 heteroatoms. The Hall–Kier alpha value is -1.25. The van der Waals surface area contributed by atoms with E-state index in [4.69, 9.17) is 0 Å². The Morgan fingerprint density at radius 2 is 1.35 bits per heavy atom. The minimum atomic E-state index is 0.889. The monoisotopic (exact) mass is 245 g/mol. The van der Waals surface area contributed by atoms with Crippen molar-refractivity contribution in [2.75, 3.05) is 0 Å². The van der Waals surface area contributed by atoms with Gasteiger partial charge in [0.05, 0.1) is 0 Å². The van der Waals surface area contributed by atoms with Gasteiger partial charge in [-0.05, 0) is 29.6 Å². The fourth-order valence-corrected chi connectivity index (χ4v) is 1.99. The molecule has 0 spiro atoms. The molecule has 0 amide bonds. The van der Waals surface area contributed by atoms with E-state index in [0.29, 0.717) is 0 Å². The average Bonchev–Trinajstić information content (AvgIpc) is 2.43. The second kappa shape index (κ2) is 8.85. The number of hydrogen-bond acceptors (Lipinski definition) is 2. The third kappa shape index (κ3) is 5.57. The van der Waals surface area contributed by atoms with Crippen LogP contribution in [0.4, 0.5) is 0 Å². The van der Waals surface area contributed by atoms with Crippen LogP contribution in [0.1, 0.15) is 19.4 Å². The van der Waals surface area contributed by atoms with E-state index in [1.54, 1.807) is 11.9 Å². The molecule has 17 heavy (non-hydrogen) atoms. The molecule has 0 aliphatic heterocycles. The molecule has 2 aromatic rings. The first kappa shape index (κ1) is 13.8. The predicted octanol–water partition coefficient (Wildman–Crippen LogP) is 4.51. The van der Waals surface area contributed by atoms with Crippen molar-refractivity contribution in [1.82, 2.24) is 4.72 Å². The lowest BCUT2D eigenvalue weighted by Gasteiger charge is -2.03. The van der Waals surface area contributed by atoms with Crippen molar-refractivity contribution in [2.24, 2.45) is 0 Å². The molecule has 0 saturated heterocycles. The maximum atomic E-state index is 3.33. The van der Waals surface area contributed by atoms with Gasteiger partial charge in [0.25, 0.3) is 0 Å². The van der Waals surface area contributed by atoms with Gasteiger partial charge in [-0.2, -0.15) is 0 Å². The first-order valence-electron chi connectivity index (χ1n) is 5.94. The van der Waals surface area contributed by atoms with Crippen LogP contribution in [0.15, 0.2) is 65.6 Å². The second-order valence-electron chi connectivity index (χ2n) is 3.22. The van der Waals surface area contributed by atoms with E-state index < -0.39 is 0 Å². The number of nitrogens with one attached hydrogen (secondary N) is 1. The van der Waals surface area contributed by atoms with E-state index in [1.807, 2.05) is 38.1 Å². The molecule has 0 bridgehead atoms. The highest BCUT2D eigenvalue weighted by molar-refractivity contribution is 7.97. The normalized spacial score (nSPS) is 9.29. The summed E-state index contributed by atoms with van der Waals surface area (Å²) in [6, 6.07) is 20.7. The molecule has 1 nitrogen and oxygen atoms in total. The molecule has 0 unspecified atom stereocenters. The quantitative estimate of drug-likeness (QED) is 0.795. The second-order valence-corrected chi connectivity index (χ2v) is 4.19. The van der Waals surface area contributed by atoms with E-state index in [0.717, 1.165) is 6.54 Å². The summed E-state index contributed by atoms with van der Waals surface area (Å²) < 4.78 is 3.33. The van der Waals surface area contributed by atoms with Gasteiger partial charge in [0, 0.05) is 11.4 Å². The highest BCUT2D eigenvalue weighted by Crippen LogP contribution is 2.13. The smallest absolute Gasteiger partial charge is 0.0313 e. The number of rotatable bonds is 4. The topological polar surface area (TPSA) is 12.0 Å². The van der Waals surface area contributed by atoms with Crippen LogP contribution in [-0.4, -0.2) is 0 Å². The molecular weight excluding hydrogens is 226 g/mol. The highest BCUT2D eigenvalue weighted by Gasteiger charge is 1.92. The van der Waals surface area contributed by atoms with Crippen molar-refractivity contribution in [3.8, 4) is 0 Å². The first-order valence-corrected chi connectivity index (χ1v) is 6.75. The van der Waals surface area contributed by atoms with E-state index >= 15 is 0 Å². The van der Waals surface area contributed by atoms with Crippen LogP contribution < -0.4 is 4.72 Å². The van der Waals surface area contributed by atoms with E-state index in [1.165, 1.54) is 10.5 Å². The van der Waals surface area contributed by atoms with Crippen molar-refractivity contribution in [2.45, 2.75) is 25.3 Å². The zero-order chi connectivity index (χ0) is 12.3. The Morgan fingerprint density at radius 3 is 1.94 bits per heavy atom. The summed E-state index contributed by atoms with van der Waals surface area (Å²) in [5.74, 6) is 0. The largest absolute Gasteiger partial charge is 0.255 e. The van der Waals surface area contributed by atoms with Crippen molar-refractivity contribution in [3.63, 3.8) is 0 Å². The Morgan fingerprint density at radius 1 is 0.824 bits per heavy atom. The van der Waals surface area contributed by atoms with Gasteiger partial charge >= 0.3 is 0 Å². The van der Waals surface area contributed by atoms with Crippen molar-refractivity contribution < 1.29 is 0 Å². The molecule has 0 aromatic heterocycles. The minimum absolute atomic E-state index is 0.889. The molecule has 2 rings (SSSR count). The molecule has 0 fully saturated rings. The summed E-state index contributed by atoms with van der Waals surface area (Å²) in [7, 11) is 0. The lowest BCUT2D eigenvalue weighted by Crippen LogP contribution is -2.02. The van der Waals surface area contributed by atoms with Crippen LogP contribution >= 0.6 is 11.9 Å². The molecule has 0 aliphatic rings. The van der Waals surface area contributed by atoms with Gasteiger partial charge in [0.15, 0.2) is 0 Å². The summed E-state index contributed by atoms with van der Waals surface area (Å²) in [5.41, 5.74) is 1.31. The maximum absolute atomic E-state index is 3.33. The SMILES string of the molecule is CC.c1ccc(CNSc2ccccc2)cc1. The van der Waals surface area contributed by atoms with Crippen molar-refractivity contribution >= 4 is 11.9 Å². The fraction of sp³-hybridized carbons (Fsp3) is 0.200. The number of benzene rings is 2. The summed E-state index contributed by atoms with van der Waals surface area (Å²) in [5, 5.41) is 0. The molecule has 0 atom stereocenters. The average molecular weight is 245 g/mol. The fourth-order valence-electron chi connectivity index (χ4n) is 1.29. The molecule has 90 valence electrons. The molecule has 2 aromatic carbocycles. The van der Waals surface area contributed by atoms with E-state index in [-0.39, 0.29) is 0 Å². The molecule has 0 heterocycles. The third-order valence-electron chi connectivity index (χ3n) is 2.05. The van der Waals surface area contributed by atoms with Gasteiger partial charge in [-0.15, -0.1) is 0 Å². The Labute approximate surface area is 108 Å². The van der Waals surface area contributed by atoms with Crippen molar-refractivity contribution in [1.29, 1.82) is 0 Å². The van der Waals surface area contributed by atoms with Gasteiger partial charge in [-0.25, -0.2) is 0 Å². The summed E-state index contributed by atoms with van der Waals surface area (Å²) in [6.07, 6.45) is 0. The van der Waals surface area contributed by atoms with Crippen LogP contribution in [0, 0.1) is 0 Å². The Bertz CT molecular complexity index is 347. The molecule has 1 N–H and O–H groups in total. The van der Waals surface area contributed by atoms with Crippen LogP contribution in [0.5, 0.6) is 0 Å². The predicted molar refractivity (Wildman–Crippen MR) is 76.9 cm³/mol. The van der Waals surface area contributed by atoms with Crippen LogP contribution in [0.2, 0.25) is 0 Å². The first-order chi connectivity index (χ1) is 8.45. The van der Waals surface area contributed by atoms with Crippen LogP contribution in [-0.2, 0) is 6.54 Å². The van der Waals surface area contributed by atoms with Gasteiger partial charge in [0.2, 0.25) is 0 Å². The van der Waals surface area contributed by atoms with Gasteiger partial charge in [0.1, 0.15) is 0 Å². The molecular formula is C15H19NS. The Kier molecular flexibility index (Phi) is 7.19. The summed E-state index contributed by atoms with van der Waals surface area (Å²) in [4.78, 5) is 1.24. The Balaban J connectivity index is 0.000000686. The zero-order valence-electron chi connectivity index (χ0n) is 10.4. The van der Waals surface area contributed by atoms with Crippen molar-refractivity contribution in [3.05, 3.63) is 66.2 Å². The van der Waals surface area contributed by atoms with Gasteiger partial charge < -0.3 is 0 Å². The highest BCUT2D eigenvalue weighted by atomic mass is 32.2. The minimum Gasteiger partial charge on any atom is -0.255 e. The molecule has 0 aliphatic carbocycles. The standard InChI is InChI=1S/C13H13NS.C2H6/c1-3-7-12(8-4-1)11-14-15-13-9-5-2-6-10-13;1-2/h1-10,14H,11H2;1-2H3. The summed E-state index contributed by atoms with van der Waals surface area (Å²) >= 11 is 1.67. The lowest BCUT2D eigenvalue weighted by atomic mass is 10.2. The van der Waals surface area contributed by atoms with Crippen LogP contribution in [0.3, 0.4) is 0 Å². The van der Waals surface area contributed by atoms with E-state index in [2.05, 4.69) is 41.1 Å².